The molecule has 0 aromatic heterocycles. The molecule has 108 valence electrons. The molecule has 0 spiro atoms. The highest BCUT2D eigenvalue weighted by Crippen LogP contribution is 2.24. The van der Waals surface area contributed by atoms with Crippen LogP contribution in [0.3, 0.4) is 0 Å². The molecule has 0 atom stereocenters. The van der Waals surface area contributed by atoms with Crippen molar-refractivity contribution in [3.05, 3.63) is 36.9 Å². The summed E-state index contributed by atoms with van der Waals surface area (Å²) in [7, 11) is 4.29. The third kappa shape index (κ3) is 3.61. The summed E-state index contributed by atoms with van der Waals surface area (Å²) < 4.78 is 0. The molecule has 1 aliphatic rings. The Morgan fingerprint density at radius 3 is 2.70 bits per heavy atom. The minimum atomic E-state index is -0.173. The van der Waals surface area contributed by atoms with E-state index in [1.807, 2.05) is 18.2 Å². The lowest BCUT2D eigenvalue weighted by Crippen LogP contribution is -2.41. The van der Waals surface area contributed by atoms with Crippen molar-refractivity contribution in [3.8, 4) is 0 Å². The van der Waals surface area contributed by atoms with Crippen LogP contribution in [0, 0.1) is 0 Å². The number of hydrogen-bond acceptors (Lipinski definition) is 3. The fourth-order valence-electron chi connectivity index (χ4n) is 2.61. The van der Waals surface area contributed by atoms with E-state index in [1.165, 1.54) is 24.6 Å². The van der Waals surface area contributed by atoms with E-state index in [2.05, 4.69) is 41.9 Å². The summed E-state index contributed by atoms with van der Waals surface area (Å²) in [5, 5.41) is 2.81. The summed E-state index contributed by atoms with van der Waals surface area (Å²) in [6.45, 7) is 5.58. The second kappa shape index (κ2) is 6.57. The minimum Gasteiger partial charge on any atom is -0.371 e. The molecule has 0 bridgehead atoms. The predicted octanol–water partition coefficient (Wildman–Crippen LogP) is 2.34. The minimum absolute atomic E-state index is 0.173. The Balaban J connectivity index is 2.01. The SMILES string of the molecule is C=CC(=O)Nc1cccc(N2CCC(N(C)C)CC2)c1. The first-order valence-electron chi connectivity index (χ1n) is 7.05. The molecular weight excluding hydrogens is 250 g/mol. The zero-order valence-corrected chi connectivity index (χ0v) is 12.3. The molecule has 1 heterocycles. The summed E-state index contributed by atoms with van der Waals surface area (Å²) in [5.41, 5.74) is 1.99. The zero-order chi connectivity index (χ0) is 14.5. The maximum atomic E-state index is 11.3. The van der Waals surface area contributed by atoms with E-state index in [0.29, 0.717) is 6.04 Å². The molecule has 1 fully saturated rings. The molecular formula is C16H23N3O. The van der Waals surface area contributed by atoms with E-state index in [0.717, 1.165) is 18.8 Å². The lowest BCUT2D eigenvalue weighted by Gasteiger charge is -2.36. The number of benzene rings is 1. The van der Waals surface area contributed by atoms with E-state index in [9.17, 15) is 4.79 Å². The summed E-state index contributed by atoms with van der Waals surface area (Å²) >= 11 is 0. The van der Waals surface area contributed by atoms with Gasteiger partial charge in [0.25, 0.3) is 0 Å². The Labute approximate surface area is 121 Å². The number of rotatable bonds is 4. The van der Waals surface area contributed by atoms with Crippen LogP contribution in [0.2, 0.25) is 0 Å². The van der Waals surface area contributed by atoms with Crippen molar-refractivity contribution in [2.24, 2.45) is 0 Å². The molecule has 0 radical (unpaired) electrons. The normalized spacial score (nSPS) is 16.2. The molecule has 4 heteroatoms. The summed E-state index contributed by atoms with van der Waals surface area (Å²) in [5.74, 6) is -0.173. The maximum absolute atomic E-state index is 11.3. The van der Waals surface area contributed by atoms with Crippen LogP contribution in [0.25, 0.3) is 0 Å². The maximum Gasteiger partial charge on any atom is 0.247 e. The monoisotopic (exact) mass is 273 g/mol. The van der Waals surface area contributed by atoms with Crippen molar-refractivity contribution in [1.29, 1.82) is 0 Å². The molecule has 1 aliphatic heterocycles. The highest BCUT2D eigenvalue weighted by Gasteiger charge is 2.20. The third-order valence-electron chi connectivity index (χ3n) is 3.86. The standard InChI is InChI=1S/C16H23N3O/c1-4-16(20)17-13-6-5-7-15(12-13)19-10-8-14(9-11-19)18(2)3/h4-7,12,14H,1,8-11H2,2-3H3,(H,17,20). The van der Waals surface area contributed by atoms with Gasteiger partial charge in [-0.25, -0.2) is 0 Å². The molecule has 4 nitrogen and oxygen atoms in total. The molecule has 20 heavy (non-hydrogen) atoms. The molecule has 2 rings (SSSR count). The van der Waals surface area contributed by atoms with Crippen molar-refractivity contribution in [3.63, 3.8) is 0 Å². The molecule has 0 aliphatic carbocycles. The van der Waals surface area contributed by atoms with Crippen LogP contribution in [0.5, 0.6) is 0 Å². The van der Waals surface area contributed by atoms with E-state index < -0.39 is 0 Å². The molecule has 0 saturated carbocycles. The van der Waals surface area contributed by atoms with Gasteiger partial charge >= 0.3 is 0 Å². The Morgan fingerprint density at radius 2 is 2.10 bits per heavy atom. The van der Waals surface area contributed by atoms with Gasteiger partial charge in [0.15, 0.2) is 0 Å². The lowest BCUT2D eigenvalue weighted by molar-refractivity contribution is -0.111. The molecule has 1 amide bonds. The zero-order valence-electron chi connectivity index (χ0n) is 12.3. The van der Waals surface area contributed by atoms with E-state index in [1.54, 1.807) is 0 Å². The van der Waals surface area contributed by atoms with Gasteiger partial charge in [0, 0.05) is 30.5 Å². The van der Waals surface area contributed by atoms with Crippen LogP contribution in [-0.2, 0) is 4.79 Å². The Morgan fingerprint density at radius 1 is 1.40 bits per heavy atom. The van der Waals surface area contributed by atoms with Crippen molar-refractivity contribution in [2.45, 2.75) is 18.9 Å². The van der Waals surface area contributed by atoms with Gasteiger partial charge in [-0.3, -0.25) is 4.79 Å². The van der Waals surface area contributed by atoms with Gasteiger partial charge in [-0.1, -0.05) is 12.6 Å². The summed E-state index contributed by atoms with van der Waals surface area (Å²) in [4.78, 5) is 16.0. The molecule has 1 N–H and O–H groups in total. The van der Waals surface area contributed by atoms with Crippen LogP contribution < -0.4 is 10.2 Å². The largest absolute Gasteiger partial charge is 0.371 e. The lowest BCUT2D eigenvalue weighted by atomic mass is 10.0. The second-order valence-electron chi connectivity index (χ2n) is 5.43. The van der Waals surface area contributed by atoms with Crippen LogP contribution in [0.1, 0.15) is 12.8 Å². The first-order valence-corrected chi connectivity index (χ1v) is 7.05. The number of carbonyl (C=O) groups excluding carboxylic acids is 1. The highest BCUT2D eigenvalue weighted by atomic mass is 16.1. The quantitative estimate of drug-likeness (QED) is 0.855. The number of nitrogens with zero attached hydrogens (tertiary/aromatic N) is 2. The number of nitrogens with one attached hydrogen (secondary N) is 1. The number of amides is 1. The summed E-state index contributed by atoms with van der Waals surface area (Å²) in [6, 6.07) is 8.68. The second-order valence-corrected chi connectivity index (χ2v) is 5.43. The van der Waals surface area contributed by atoms with Gasteiger partial charge in [0.05, 0.1) is 0 Å². The predicted molar refractivity (Wildman–Crippen MR) is 84.2 cm³/mol. The van der Waals surface area contributed by atoms with Crippen LogP contribution in [0.15, 0.2) is 36.9 Å². The average Bonchev–Trinajstić information content (AvgIpc) is 2.47. The van der Waals surface area contributed by atoms with Crippen molar-refractivity contribution in [2.75, 3.05) is 37.4 Å². The van der Waals surface area contributed by atoms with Gasteiger partial charge < -0.3 is 15.1 Å². The van der Waals surface area contributed by atoms with Crippen LogP contribution in [0.4, 0.5) is 11.4 Å². The number of anilines is 2. The van der Waals surface area contributed by atoms with E-state index in [4.69, 9.17) is 0 Å². The average molecular weight is 273 g/mol. The Kier molecular flexibility index (Phi) is 4.79. The van der Waals surface area contributed by atoms with E-state index >= 15 is 0 Å². The first-order chi connectivity index (χ1) is 9.60. The number of hydrogen-bond donors (Lipinski definition) is 1. The summed E-state index contributed by atoms with van der Waals surface area (Å²) in [6.07, 6.45) is 3.64. The Hall–Kier alpha value is -1.81. The van der Waals surface area contributed by atoms with Crippen molar-refractivity contribution >= 4 is 17.3 Å². The topological polar surface area (TPSA) is 35.6 Å². The number of piperidine rings is 1. The molecule has 0 unspecified atom stereocenters. The Bertz CT molecular complexity index is 476. The molecule has 1 aromatic rings. The highest BCUT2D eigenvalue weighted by molar-refractivity contribution is 5.99. The van der Waals surface area contributed by atoms with Crippen LogP contribution in [-0.4, -0.2) is 44.0 Å². The van der Waals surface area contributed by atoms with Gasteiger partial charge in [0.2, 0.25) is 5.91 Å². The third-order valence-corrected chi connectivity index (χ3v) is 3.86. The van der Waals surface area contributed by atoms with Gasteiger partial charge in [-0.2, -0.15) is 0 Å². The van der Waals surface area contributed by atoms with Gasteiger partial charge in [-0.15, -0.1) is 0 Å². The smallest absolute Gasteiger partial charge is 0.247 e. The fraction of sp³-hybridized carbons (Fsp3) is 0.438. The first kappa shape index (κ1) is 14.6. The van der Waals surface area contributed by atoms with Crippen LogP contribution >= 0.6 is 0 Å². The number of carbonyl (C=O) groups is 1. The van der Waals surface area contributed by atoms with E-state index in [-0.39, 0.29) is 5.91 Å². The van der Waals surface area contributed by atoms with Gasteiger partial charge in [-0.05, 0) is 51.2 Å². The van der Waals surface area contributed by atoms with Crippen molar-refractivity contribution < 1.29 is 4.79 Å². The molecule has 1 aromatic carbocycles. The fourth-order valence-corrected chi connectivity index (χ4v) is 2.61. The van der Waals surface area contributed by atoms with Crippen molar-refractivity contribution in [1.82, 2.24) is 4.90 Å². The van der Waals surface area contributed by atoms with Gasteiger partial charge in [0.1, 0.15) is 0 Å². The molecule has 1 saturated heterocycles.